The van der Waals surface area contributed by atoms with Crippen molar-refractivity contribution in [2.24, 2.45) is 0 Å². The number of methoxy groups -OCH3 is 1. The first-order valence-electron chi connectivity index (χ1n) is 13.5. The van der Waals surface area contributed by atoms with Crippen molar-refractivity contribution in [2.75, 3.05) is 20.3 Å². The van der Waals surface area contributed by atoms with Gasteiger partial charge in [-0.1, -0.05) is 49.7 Å². The number of piperidine rings is 1. The number of esters is 2. The number of likely N-dealkylation sites (tertiary alicyclic amines) is 1. The van der Waals surface area contributed by atoms with E-state index in [-0.39, 0.29) is 17.0 Å². The number of ketones is 1. The molecule has 1 aliphatic heterocycles. The lowest BCUT2D eigenvalue weighted by Crippen LogP contribution is -2.53. The van der Waals surface area contributed by atoms with Crippen LogP contribution in [0.5, 0.6) is 0 Å². The van der Waals surface area contributed by atoms with Crippen LogP contribution in [0.25, 0.3) is 0 Å². The van der Waals surface area contributed by atoms with Gasteiger partial charge in [0.1, 0.15) is 11.6 Å². The van der Waals surface area contributed by atoms with E-state index in [1.54, 1.807) is 32.9 Å². The first-order valence-corrected chi connectivity index (χ1v) is 13.5. The second-order valence-corrected chi connectivity index (χ2v) is 10.8. The third kappa shape index (κ3) is 8.15. The molecule has 0 N–H and O–H groups in total. The molecule has 0 saturated carbocycles. The minimum atomic E-state index is -0.941. The summed E-state index contributed by atoms with van der Waals surface area (Å²) in [7, 11) is 1.26. The van der Waals surface area contributed by atoms with Gasteiger partial charge in [-0.05, 0) is 69.7 Å². The molecule has 0 radical (unpaired) electrons. The quantitative estimate of drug-likeness (QED) is 0.229. The van der Waals surface area contributed by atoms with Crippen molar-refractivity contribution in [3.63, 3.8) is 0 Å². The zero-order chi connectivity index (χ0) is 28.6. The minimum Gasteiger partial charge on any atom is -0.465 e. The van der Waals surface area contributed by atoms with Gasteiger partial charge in [0.25, 0.3) is 0 Å². The van der Waals surface area contributed by atoms with Gasteiger partial charge in [-0.25, -0.2) is 14.4 Å². The van der Waals surface area contributed by atoms with Crippen LogP contribution < -0.4 is 0 Å². The van der Waals surface area contributed by atoms with Gasteiger partial charge in [0.15, 0.2) is 12.4 Å². The number of benzene rings is 2. The lowest BCUT2D eigenvalue weighted by atomic mass is 9.82. The van der Waals surface area contributed by atoms with Crippen molar-refractivity contribution < 1.29 is 33.4 Å². The highest BCUT2D eigenvalue weighted by atomic mass is 16.6. The van der Waals surface area contributed by atoms with E-state index in [4.69, 9.17) is 14.2 Å². The number of hydrogen-bond donors (Lipinski definition) is 0. The number of ether oxygens (including phenoxy) is 3. The molecule has 2 aromatic carbocycles. The fraction of sp³-hybridized carbons (Fsp3) is 0.484. The topological polar surface area (TPSA) is 99.2 Å². The van der Waals surface area contributed by atoms with Crippen molar-refractivity contribution in [1.29, 1.82) is 0 Å². The number of amides is 1. The Kier molecular flexibility index (Phi) is 10.3. The van der Waals surface area contributed by atoms with Crippen LogP contribution in [0, 0.1) is 0 Å². The zero-order valence-corrected chi connectivity index (χ0v) is 23.5. The molecule has 8 nitrogen and oxygen atoms in total. The van der Waals surface area contributed by atoms with Gasteiger partial charge in [0.05, 0.1) is 12.7 Å². The SMILES string of the molecule is CCCCc1cccc(C2CCCN(C(=O)OC(C)(C)C)C2C(=O)OCC(=O)c2cccc(C(=O)OC)c2)c1. The van der Waals surface area contributed by atoms with Crippen LogP contribution in [-0.4, -0.2) is 60.6 Å². The number of nitrogens with zero attached hydrogens (tertiary/aromatic N) is 1. The summed E-state index contributed by atoms with van der Waals surface area (Å²) in [5, 5.41) is 0. The highest BCUT2D eigenvalue weighted by Crippen LogP contribution is 2.35. The Bertz CT molecular complexity index is 1180. The van der Waals surface area contributed by atoms with Crippen LogP contribution in [0.15, 0.2) is 48.5 Å². The molecule has 0 spiro atoms. The average molecular weight is 538 g/mol. The van der Waals surface area contributed by atoms with Gasteiger partial charge in [-0.3, -0.25) is 9.69 Å². The average Bonchev–Trinajstić information content (AvgIpc) is 2.93. The Labute approximate surface area is 230 Å². The molecule has 1 heterocycles. The normalized spacial score (nSPS) is 17.3. The summed E-state index contributed by atoms with van der Waals surface area (Å²) in [5.74, 6) is -2.01. The predicted octanol–water partition coefficient (Wildman–Crippen LogP) is 5.73. The summed E-state index contributed by atoms with van der Waals surface area (Å²) in [4.78, 5) is 52.9. The molecule has 210 valence electrons. The predicted molar refractivity (Wildman–Crippen MR) is 147 cm³/mol. The number of aryl methyl sites for hydroxylation is 1. The first kappa shape index (κ1) is 29.9. The van der Waals surface area contributed by atoms with E-state index in [9.17, 15) is 19.2 Å². The van der Waals surface area contributed by atoms with Crippen molar-refractivity contribution in [3.8, 4) is 0 Å². The van der Waals surface area contributed by atoms with E-state index in [2.05, 4.69) is 19.1 Å². The smallest absolute Gasteiger partial charge is 0.411 e. The standard InChI is InChI=1S/C31H39NO7/c1-6-7-11-21-12-8-13-22(18-21)25-16-10-17-32(30(36)39-31(2,3)4)27(25)29(35)38-20-26(33)23-14-9-15-24(19-23)28(34)37-5/h8-9,12-15,18-19,25,27H,6-7,10-11,16-17,20H2,1-5H3. The van der Waals surface area contributed by atoms with Crippen LogP contribution in [-0.2, 0) is 25.4 Å². The van der Waals surface area contributed by atoms with E-state index in [0.717, 1.165) is 24.8 Å². The monoisotopic (exact) mass is 537 g/mol. The summed E-state index contributed by atoms with van der Waals surface area (Å²) in [6.45, 7) is 7.29. The number of rotatable bonds is 9. The van der Waals surface area contributed by atoms with Gasteiger partial charge in [-0.2, -0.15) is 0 Å². The summed E-state index contributed by atoms with van der Waals surface area (Å²) < 4.78 is 15.9. The molecule has 0 aliphatic carbocycles. The van der Waals surface area contributed by atoms with Crippen LogP contribution in [0.4, 0.5) is 4.79 Å². The Balaban J connectivity index is 1.85. The summed E-state index contributed by atoms with van der Waals surface area (Å²) in [6, 6.07) is 13.2. The molecular formula is C31H39NO7. The maximum absolute atomic E-state index is 13.6. The zero-order valence-electron chi connectivity index (χ0n) is 23.5. The van der Waals surface area contributed by atoms with Crippen LogP contribution in [0.3, 0.4) is 0 Å². The lowest BCUT2D eigenvalue weighted by Gasteiger charge is -2.40. The fourth-order valence-corrected chi connectivity index (χ4v) is 4.76. The summed E-state index contributed by atoms with van der Waals surface area (Å²) in [5.41, 5.74) is 1.84. The van der Waals surface area contributed by atoms with E-state index in [1.807, 2.05) is 12.1 Å². The largest absolute Gasteiger partial charge is 0.465 e. The molecule has 0 aromatic heterocycles. The van der Waals surface area contributed by atoms with Gasteiger partial charge < -0.3 is 14.2 Å². The van der Waals surface area contributed by atoms with Crippen LogP contribution in [0.2, 0.25) is 0 Å². The van der Waals surface area contributed by atoms with Gasteiger partial charge in [0.2, 0.25) is 0 Å². The summed E-state index contributed by atoms with van der Waals surface area (Å²) >= 11 is 0. The van der Waals surface area contributed by atoms with E-state index >= 15 is 0 Å². The fourth-order valence-electron chi connectivity index (χ4n) is 4.76. The Morgan fingerprint density at radius 2 is 1.72 bits per heavy atom. The summed E-state index contributed by atoms with van der Waals surface area (Å²) in [6.07, 6.45) is 3.86. The number of carbonyl (C=O) groups excluding carboxylic acids is 4. The molecule has 1 fully saturated rings. The Hall–Kier alpha value is -3.68. The van der Waals surface area contributed by atoms with Crippen molar-refractivity contribution in [3.05, 3.63) is 70.8 Å². The van der Waals surface area contributed by atoms with E-state index in [0.29, 0.717) is 19.4 Å². The first-order chi connectivity index (χ1) is 18.5. The molecule has 39 heavy (non-hydrogen) atoms. The second kappa shape index (κ2) is 13.4. The molecular weight excluding hydrogens is 498 g/mol. The molecule has 3 rings (SSSR count). The van der Waals surface area contributed by atoms with Gasteiger partial charge in [0, 0.05) is 18.0 Å². The number of carbonyl (C=O) groups is 4. The van der Waals surface area contributed by atoms with Gasteiger partial charge >= 0.3 is 18.0 Å². The third-order valence-corrected chi connectivity index (χ3v) is 6.65. The van der Waals surface area contributed by atoms with E-state index < -0.39 is 42.1 Å². The molecule has 2 atom stereocenters. The van der Waals surface area contributed by atoms with Crippen LogP contribution in [0.1, 0.15) is 91.1 Å². The highest BCUT2D eigenvalue weighted by molar-refractivity contribution is 6.00. The number of hydrogen-bond acceptors (Lipinski definition) is 7. The van der Waals surface area contributed by atoms with Crippen molar-refractivity contribution in [2.45, 2.75) is 77.4 Å². The number of Topliss-reactive ketones (excluding diaryl/α,β-unsaturated/α-hetero) is 1. The second-order valence-electron chi connectivity index (χ2n) is 10.8. The molecule has 1 saturated heterocycles. The van der Waals surface area contributed by atoms with Crippen molar-refractivity contribution >= 4 is 23.8 Å². The molecule has 1 amide bonds. The van der Waals surface area contributed by atoms with Crippen molar-refractivity contribution in [1.82, 2.24) is 4.90 Å². The maximum Gasteiger partial charge on any atom is 0.411 e. The minimum absolute atomic E-state index is 0.221. The highest BCUT2D eigenvalue weighted by Gasteiger charge is 2.43. The van der Waals surface area contributed by atoms with Gasteiger partial charge in [-0.15, -0.1) is 0 Å². The molecule has 1 aliphatic rings. The van der Waals surface area contributed by atoms with Crippen LogP contribution >= 0.6 is 0 Å². The van der Waals surface area contributed by atoms with E-state index in [1.165, 1.54) is 29.7 Å². The number of unbranched alkanes of at least 4 members (excludes halogenated alkanes) is 1. The molecule has 0 bridgehead atoms. The molecule has 8 heteroatoms. The third-order valence-electron chi connectivity index (χ3n) is 6.65. The maximum atomic E-state index is 13.6. The Morgan fingerprint density at radius 3 is 2.41 bits per heavy atom. The molecule has 2 unspecified atom stereocenters. The lowest BCUT2D eigenvalue weighted by molar-refractivity contribution is -0.150. The Morgan fingerprint density at radius 1 is 1.00 bits per heavy atom. The molecule has 2 aromatic rings.